The Labute approximate surface area is 159 Å². The molecule has 132 valence electrons. The van der Waals surface area contributed by atoms with Crippen LogP contribution in [-0.4, -0.2) is 28.4 Å². The van der Waals surface area contributed by atoms with Crippen LogP contribution in [0.1, 0.15) is 12.0 Å². The van der Waals surface area contributed by atoms with Crippen molar-refractivity contribution in [2.45, 2.75) is 11.7 Å². The second-order valence-electron chi connectivity index (χ2n) is 5.39. The summed E-state index contributed by atoms with van der Waals surface area (Å²) >= 11 is 7.21. The van der Waals surface area contributed by atoms with Crippen molar-refractivity contribution in [3.63, 3.8) is 0 Å². The number of amides is 2. The number of nitrogens with zero attached hydrogens (tertiary/aromatic N) is 2. The largest absolute Gasteiger partial charge is 0.326 e. The van der Waals surface area contributed by atoms with Gasteiger partial charge in [-0.25, -0.2) is 0 Å². The van der Waals surface area contributed by atoms with Crippen molar-refractivity contribution in [2.75, 3.05) is 5.32 Å². The summed E-state index contributed by atoms with van der Waals surface area (Å²) in [6, 6.07) is 16.3. The van der Waals surface area contributed by atoms with Gasteiger partial charge in [-0.05, 0) is 18.2 Å². The SMILES string of the molecule is O=C(CC1S/C(=N/N=Cc2ccccc2Cl)NC1=O)Nc1ccccc1. The average molecular weight is 387 g/mol. The maximum atomic E-state index is 12.1. The molecule has 1 atom stereocenters. The molecule has 2 N–H and O–H groups in total. The fourth-order valence-electron chi connectivity index (χ4n) is 2.21. The van der Waals surface area contributed by atoms with E-state index in [1.54, 1.807) is 18.2 Å². The lowest BCUT2D eigenvalue weighted by molar-refractivity contribution is -0.122. The van der Waals surface area contributed by atoms with Crippen LogP contribution in [0, 0.1) is 0 Å². The molecule has 0 aromatic heterocycles. The van der Waals surface area contributed by atoms with Crippen LogP contribution < -0.4 is 10.6 Å². The minimum Gasteiger partial charge on any atom is -0.326 e. The summed E-state index contributed by atoms with van der Waals surface area (Å²) in [4.78, 5) is 24.1. The highest BCUT2D eigenvalue weighted by atomic mass is 35.5. The Morgan fingerprint density at radius 1 is 1.19 bits per heavy atom. The van der Waals surface area contributed by atoms with Gasteiger partial charge in [-0.2, -0.15) is 5.10 Å². The van der Waals surface area contributed by atoms with Gasteiger partial charge >= 0.3 is 0 Å². The Bertz CT molecular complexity index is 871. The number of para-hydroxylation sites is 1. The lowest BCUT2D eigenvalue weighted by Crippen LogP contribution is -2.28. The number of hydrogen-bond acceptors (Lipinski definition) is 5. The lowest BCUT2D eigenvalue weighted by atomic mass is 10.2. The van der Waals surface area contributed by atoms with Gasteiger partial charge in [0, 0.05) is 22.7 Å². The molecule has 2 aromatic carbocycles. The molecule has 1 unspecified atom stereocenters. The molecule has 1 heterocycles. The number of amidine groups is 1. The maximum absolute atomic E-state index is 12.1. The summed E-state index contributed by atoms with van der Waals surface area (Å²) in [5.41, 5.74) is 1.42. The van der Waals surface area contributed by atoms with Crippen LogP contribution in [-0.2, 0) is 9.59 Å². The Morgan fingerprint density at radius 3 is 2.69 bits per heavy atom. The van der Waals surface area contributed by atoms with Crippen LogP contribution >= 0.6 is 23.4 Å². The van der Waals surface area contributed by atoms with Crippen molar-refractivity contribution >= 4 is 52.2 Å². The molecule has 2 aromatic rings. The van der Waals surface area contributed by atoms with Gasteiger partial charge in [0.05, 0.1) is 6.21 Å². The van der Waals surface area contributed by atoms with Gasteiger partial charge in [-0.3, -0.25) is 9.59 Å². The van der Waals surface area contributed by atoms with E-state index in [1.165, 1.54) is 18.0 Å². The number of rotatable bonds is 5. The van der Waals surface area contributed by atoms with Crippen molar-refractivity contribution in [1.29, 1.82) is 0 Å². The molecule has 8 heteroatoms. The summed E-state index contributed by atoms with van der Waals surface area (Å²) in [5, 5.41) is 13.7. The monoisotopic (exact) mass is 386 g/mol. The molecule has 3 rings (SSSR count). The van der Waals surface area contributed by atoms with Crippen LogP contribution in [0.15, 0.2) is 64.8 Å². The first-order valence-electron chi connectivity index (χ1n) is 7.80. The molecule has 0 bridgehead atoms. The second kappa shape index (κ2) is 8.64. The van der Waals surface area contributed by atoms with Crippen LogP contribution in [0.25, 0.3) is 0 Å². The van der Waals surface area contributed by atoms with E-state index < -0.39 is 5.25 Å². The van der Waals surface area contributed by atoms with E-state index in [0.717, 1.165) is 5.56 Å². The fourth-order valence-corrected chi connectivity index (χ4v) is 3.32. The first-order chi connectivity index (χ1) is 12.6. The van der Waals surface area contributed by atoms with Gasteiger partial charge in [0.1, 0.15) is 5.25 Å². The number of thioether (sulfide) groups is 1. The maximum Gasteiger partial charge on any atom is 0.240 e. The molecule has 1 aliphatic rings. The molecular weight excluding hydrogens is 372 g/mol. The summed E-state index contributed by atoms with van der Waals surface area (Å²) < 4.78 is 0. The van der Waals surface area contributed by atoms with Crippen molar-refractivity contribution < 1.29 is 9.59 Å². The van der Waals surface area contributed by atoms with E-state index in [9.17, 15) is 9.59 Å². The molecule has 0 saturated carbocycles. The van der Waals surface area contributed by atoms with E-state index in [1.807, 2.05) is 36.4 Å². The highest BCUT2D eigenvalue weighted by molar-refractivity contribution is 8.15. The quantitative estimate of drug-likeness (QED) is 0.611. The number of carbonyl (C=O) groups is 2. The Kier molecular flexibility index (Phi) is 6.04. The average Bonchev–Trinajstić information content (AvgIpc) is 2.97. The molecule has 1 aliphatic heterocycles. The molecule has 1 fully saturated rings. The number of hydrogen-bond donors (Lipinski definition) is 2. The number of benzene rings is 2. The highest BCUT2D eigenvalue weighted by Crippen LogP contribution is 2.23. The van der Waals surface area contributed by atoms with Gasteiger partial charge in [0.15, 0.2) is 5.17 Å². The topological polar surface area (TPSA) is 82.9 Å². The third kappa shape index (κ3) is 4.93. The molecule has 6 nitrogen and oxygen atoms in total. The van der Waals surface area contributed by atoms with Crippen molar-refractivity contribution in [2.24, 2.45) is 10.2 Å². The summed E-state index contributed by atoms with van der Waals surface area (Å²) in [6.45, 7) is 0. The second-order valence-corrected chi connectivity index (χ2v) is 6.98. The molecular formula is C18H15ClN4O2S. The van der Waals surface area contributed by atoms with E-state index in [-0.39, 0.29) is 18.2 Å². The van der Waals surface area contributed by atoms with Crippen molar-refractivity contribution in [3.05, 3.63) is 65.2 Å². The Hall–Kier alpha value is -2.64. The van der Waals surface area contributed by atoms with Crippen LogP contribution in [0.2, 0.25) is 5.02 Å². The van der Waals surface area contributed by atoms with Crippen LogP contribution in [0.3, 0.4) is 0 Å². The minimum atomic E-state index is -0.534. The van der Waals surface area contributed by atoms with Crippen LogP contribution in [0.5, 0.6) is 0 Å². The standard InChI is InChI=1S/C18H15ClN4O2S/c19-14-9-5-4-6-12(14)11-20-23-18-22-17(25)15(26-18)10-16(24)21-13-7-2-1-3-8-13/h1-9,11,15H,10H2,(H,21,24)(H,22,23,25). The minimum absolute atomic E-state index is 0.0542. The molecule has 0 radical (unpaired) electrons. The smallest absolute Gasteiger partial charge is 0.240 e. The number of halogens is 1. The summed E-state index contributed by atoms with van der Waals surface area (Å²) in [7, 11) is 0. The highest BCUT2D eigenvalue weighted by Gasteiger charge is 2.32. The van der Waals surface area contributed by atoms with Gasteiger partial charge in [-0.15, -0.1) is 5.10 Å². The number of nitrogens with one attached hydrogen (secondary N) is 2. The van der Waals surface area contributed by atoms with Gasteiger partial charge in [0.2, 0.25) is 11.8 Å². The van der Waals surface area contributed by atoms with E-state index >= 15 is 0 Å². The zero-order chi connectivity index (χ0) is 18.4. The molecule has 1 saturated heterocycles. The number of anilines is 1. The first kappa shape index (κ1) is 18.2. The zero-order valence-corrected chi connectivity index (χ0v) is 15.1. The van der Waals surface area contributed by atoms with Gasteiger partial charge < -0.3 is 10.6 Å². The van der Waals surface area contributed by atoms with E-state index in [4.69, 9.17) is 11.6 Å². The summed E-state index contributed by atoms with van der Waals surface area (Å²) in [6.07, 6.45) is 1.57. The molecule has 0 spiro atoms. The molecule has 2 amide bonds. The molecule has 0 aliphatic carbocycles. The van der Waals surface area contributed by atoms with E-state index in [0.29, 0.717) is 15.9 Å². The summed E-state index contributed by atoms with van der Waals surface area (Å²) in [5.74, 6) is -0.491. The molecule has 26 heavy (non-hydrogen) atoms. The van der Waals surface area contributed by atoms with Gasteiger partial charge in [-0.1, -0.05) is 59.8 Å². The Morgan fingerprint density at radius 2 is 1.92 bits per heavy atom. The van der Waals surface area contributed by atoms with Crippen LogP contribution in [0.4, 0.5) is 5.69 Å². The zero-order valence-electron chi connectivity index (χ0n) is 13.6. The first-order valence-corrected chi connectivity index (χ1v) is 9.05. The third-order valence-corrected chi connectivity index (χ3v) is 4.87. The Balaban J connectivity index is 1.56. The van der Waals surface area contributed by atoms with E-state index in [2.05, 4.69) is 20.8 Å². The normalized spacial score (nSPS) is 18.3. The van der Waals surface area contributed by atoms with Crippen molar-refractivity contribution in [1.82, 2.24) is 5.32 Å². The lowest BCUT2D eigenvalue weighted by Gasteiger charge is -2.06. The van der Waals surface area contributed by atoms with Gasteiger partial charge in [0.25, 0.3) is 0 Å². The van der Waals surface area contributed by atoms with Crippen molar-refractivity contribution in [3.8, 4) is 0 Å². The predicted octanol–water partition coefficient (Wildman–Crippen LogP) is 3.29. The predicted molar refractivity (Wildman–Crippen MR) is 106 cm³/mol. The third-order valence-electron chi connectivity index (χ3n) is 3.46. The fraction of sp³-hybridized carbons (Fsp3) is 0.111. The number of carbonyl (C=O) groups excluding carboxylic acids is 2.